The van der Waals surface area contributed by atoms with Crippen LogP contribution in [0.3, 0.4) is 0 Å². The summed E-state index contributed by atoms with van der Waals surface area (Å²) in [5.74, 6) is 1.29. The third-order valence-corrected chi connectivity index (χ3v) is 6.58. The van der Waals surface area contributed by atoms with E-state index in [1.54, 1.807) is 0 Å². The smallest absolute Gasteiger partial charge is 0.107 e. The molecule has 1 aromatic heterocycles. The lowest BCUT2D eigenvalue weighted by Crippen LogP contribution is -2.09. The molecule has 0 amide bonds. The van der Waals surface area contributed by atoms with Gasteiger partial charge in [0, 0.05) is 10.4 Å². The average molecular weight is 319 g/mol. The number of rotatable bonds is 5. The van der Waals surface area contributed by atoms with E-state index in [1.807, 2.05) is 18.4 Å². The van der Waals surface area contributed by atoms with Crippen LogP contribution in [0.25, 0.3) is 11.3 Å². The number of hydrogen-bond acceptors (Lipinski definition) is 4. The van der Waals surface area contributed by atoms with Gasteiger partial charge >= 0.3 is 0 Å². The molecule has 1 unspecified atom stereocenters. The summed E-state index contributed by atoms with van der Waals surface area (Å²) in [5, 5.41) is 5.21. The fourth-order valence-corrected chi connectivity index (χ4v) is 5.31. The van der Waals surface area contributed by atoms with E-state index in [1.165, 1.54) is 46.2 Å². The summed E-state index contributed by atoms with van der Waals surface area (Å²) in [6, 6.07) is 10.6. The first kappa shape index (κ1) is 15.1. The lowest BCUT2D eigenvalue weighted by Gasteiger charge is -2.18. The van der Waals surface area contributed by atoms with Crippen molar-refractivity contribution in [2.24, 2.45) is 0 Å². The summed E-state index contributed by atoms with van der Waals surface area (Å²) in [6.07, 6.45) is 5.07. The molecule has 2 aromatic rings. The number of hydrogen-bond donors (Lipinski definition) is 1. The van der Waals surface area contributed by atoms with E-state index in [4.69, 9.17) is 4.98 Å². The highest BCUT2D eigenvalue weighted by Crippen LogP contribution is 2.42. The van der Waals surface area contributed by atoms with E-state index in [-0.39, 0.29) is 0 Å². The number of aromatic nitrogens is 1. The third kappa shape index (κ3) is 3.68. The van der Waals surface area contributed by atoms with E-state index < -0.39 is 0 Å². The second-order valence-electron chi connectivity index (χ2n) is 5.40. The summed E-state index contributed by atoms with van der Waals surface area (Å²) in [6.45, 7) is 1.01. The Kier molecular flexibility index (Phi) is 5.33. The number of likely N-dealkylation sites (N-methyl/N-ethyl adjacent to an activating group) is 1. The first-order chi connectivity index (χ1) is 10.4. The molecule has 0 spiro atoms. The van der Waals surface area contributed by atoms with Crippen molar-refractivity contribution >= 4 is 23.1 Å². The van der Waals surface area contributed by atoms with Crippen molar-refractivity contribution < 1.29 is 0 Å². The van der Waals surface area contributed by atoms with Crippen LogP contribution in [-0.2, 0) is 6.42 Å². The van der Waals surface area contributed by atoms with Crippen LogP contribution in [0.2, 0.25) is 0 Å². The van der Waals surface area contributed by atoms with Crippen LogP contribution in [0.4, 0.5) is 0 Å². The van der Waals surface area contributed by atoms with Crippen molar-refractivity contribution in [3.63, 3.8) is 0 Å². The third-order valence-electron chi connectivity index (χ3n) is 3.82. The first-order valence-electron chi connectivity index (χ1n) is 7.69. The molecule has 4 heteroatoms. The van der Waals surface area contributed by atoms with Gasteiger partial charge in [0.1, 0.15) is 5.01 Å². The van der Waals surface area contributed by atoms with Crippen LogP contribution >= 0.6 is 23.1 Å². The zero-order valence-electron chi connectivity index (χ0n) is 12.5. The second kappa shape index (κ2) is 7.43. The molecule has 1 atom stereocenters. The lowest BCUT2D eigenvalue weighted by atomic mass is 10.1. The maximum absolute atomic E-state index is 5.03. The fourth-order valence-electron chi connectivity index (χ4n) is 2.67. The molecule has 1 saturated heterocycles. The molecule has 21 heavy (non-hydrogen) atoms. The summed E-state index contributed by atoms with van der Waals surface area (Å²) < 4.78 is 0. The highest BCUT2D eigenvalue weighted by Gasteiger charge is 2.22. The van der Waals surface area contributed by atoms with Crippen LogP contribution in [0.1, 0.15) is 34.4 Å². The van der Waals surface area contributed by atoms with Gasteiger partial charge in [-0.3, -0.25) is 0 Å². The van der Waals surface area contributed by atoms with Crippen LogP contribution < -0.4 is 5.32 Å². The maximum atomic E-state index is 5.03. The molecule has 3 rings (SSSR count). The van der Waals surface area contributed by atoms with Crippen LogP contribution in [0.5, 0.6) is 0 Å². The summed E-state index contributed by atoms with van der Waals surface area (Å²) >= 11 is 4.02. The van der Waals surface area contributed by atoms with Gasteiger partial charge in [0.05, 0.1) is 10.9 Å². The quantitative estimate of drug-likeness (QED) is 0.876. The molecule has 0 aliphatic carbocycles. The zero-order chi connectivity index (χ0) is 14.5. The Hall–Kier alpha value is -0.840. The molecule has 1 N–H and O–H groups in total. The Morgan fingerprint density at radius 2 is 2.10 bits per heavy atom. The highest BCUT2D eigenvalue weighted by molar-refractivity contribution is 7.99. The topological polar surface area (TPSA) is 24.9 Å². The van der Waals surface area contributed by atoms with Crippen LogP contribution in [0.15, 0.2) is 30.3 Å². The van der Waals surface area contributed by atoms with E-state index in [9.17, 15) is 0 Å². The van der Waals surface area contributed by atoms with Crippen molar-refractivity contribution in [3.05, 3.63) is 40.2 Å². The summed E-state index contributed by atoms with van der Waals surface area (Å²) in [4.78, 5) is 6.45. The fraction of sp³-hybridized carbons (Fsp3) is 0.471. The van der Waals surface area contributed by atoms with Crippen molar-refractivity contribution in [2.45, 2.75) is 30.9 Å². The first-order valence-corrected chi connectivity index (χ1v) is 9.56. The standard InChI is InChI=1S/C17H22N2S2/c1-18-11-10-14-16(13-7-3-2-4-8-13)19-17(21-14)15-9-5-6-12-20-15/h2-4,7-8,15,18H,5-6,9-12H2,1H3. The predicted molar refractivity (Wildman–Crippen MR) is 94.2 cm³/mol. The van der Waals surface area contributed by atoms with Gasteiger partial charge in [0.25, 0.3) is 0 Å². The molecular formula is C17H22N2S2. The Morgan fingerprint density at radius 1 is 1.24 bits per heavy atom. The molecule has 112 valence electrons. The van der Waals surface area contributed by atoms with Gasteiger partial charge < -0.3 is 5.32 Å². The molecule has 2 nitrogen and oxygen atoms in total. The maximum Gasteiger partial charge on any atom is 0.107 e. The van der Waals surface area contributed by atoms with Gasteiger partial charge in [-0.2, -0.15) is 11.8 Å². The lowest BCUT2D eigenvalue weighted by molar-refractivity contribution is 0.684. The molecular weight excluding hydrogens is 296 g/mol. The molecule has 1 aliphatic rings. The van der Waals surface area contributed by atoms with Gasteiger partial charge in [0.2, 0.25) is 0 Å². The summed E-state index contributed by atoms with van der Waals surface area (Å²) in [7, 11) is 2.02. The molecule has 1 fully saturated rings. The van der Waals surface area contributed by atoms with Crippen molar-refractivity contribution in [1.29, 1.82) is 0 Å². The average Bonchev–Trinajstić information content (AvgIpc) is 2.99. The van der Waals surface area contributed by atoms with Gasteiger partial charge in [0.15, 0.2) is 0 Å². The minimum atomic E-state index is 0.620. The van der Waals surface area contributed by atoms with Crippen LogP contribution in [-0.4, -0.2) is 24.3 Å². The van der Waals surface area contributed by atoms with Crippen LogP contribution in [0, 0.1) is 0 Å². The van der Waals surface area contributed by atoms with E-state index in [2.05, 4.69) is 47.4 Å². The zero-order valence-corrected chi connectivity index (χ0v) is 14.1. The predicted octanol–water partition coefficient (Wildman–Crippen LogP) is 4.53. The molecule has 0 bridgehead atoms. The van der Waals surface area contributed by atoms with Gasteiger partial charge in [-0.15, -0.1) is 11.3 Å². The largest absolute Gasteiger partial charge is 0.319 e. The monoisotopic (exact) mass is 318 g/mol. The second-order valence-corrected chi connectivity index (χ2v) is 7.82. The Morgan fingerprint density at radius 3 is 2.81 bits per heavy atom. The SMILES string of the molecule is CNCCc1sc(C2CCCCS2)nc1-c1ccccc1. The summed E-state index contributed by atoms with van der Waals surface area (Å²) in [5.41, 5.74) is 2.46. The van der Waals surface area contributed by atoms with Crippen molar-refractivity contribution in [1.82, 2.24) is 10.3 Å². The molecule has 1 aromatic carbocycles. The number of nitrogens with one attached hydrogen (secondary N) is 1. The number of benzene rings is 1. The Bertz CT molecular complexity index is 559. The molecule has 2 heterocycles. The molecule has 0 radical (unpaired) electrons. The molecule has 1 aliphatic heterocycles. The normalized spacial score (nSPS) is 18.8. The highest BCUT2D eigenvalue weighted by atomic mass is 32.2. The number of thiazole rings is 1. The minimum Gasteiger partial charge on any atom is -0.319 e. The Balaban J connectivity index is 1.90. The van der Waals surface area contributed by atoms with Gasteiger partial charge in [-0.05, 0) is 38.6 Å². The van der Waals surface area contributed by atoms with Crippen molar-refractivity contribution in [3.8, 4) is 11.3 Å². The minimum absolute atomic E-state index is 0.620. The number of nitrogens with zero attached hydrogens (tertiary/aromatic N) is 1. The molecule has 0 saturated carbocycles. The van der Waals surface area contributed by atoms with E-state index in [0.717, 1.165) is 13.0 Å². The van der Waals surface area contributed by atoms with E-state index >= 15 is 0 Å². The van der Waals surface area contributed by atoms with Crippen molar-refractivity contribution in [2.75, 3.05) is 19.3 Å². The Labute approximate surface area is 135 Å². The number of thioether (sulfide) groups is 1. The van der Waals surface area contributed by atoms with Gasteiger partial charge in [-0.25, -0.2) is 4.98 Å². The van der Waals surface area contributed by atoms with Gasteiger partial charge in [-0.1, -0.05) is 36.8 Å². The van der Waals surface area contributed by atoms with E-state index in [0.29, 0.717) is 5.25 Å².